The van der Waals surface area contributed by atoms with E-state index in [9.17, 15) is 30.0 Å². The fourth-order valence-electron chi connectivity index (χ4n) is 9.83. The van der Waals surface area contributed by atoms with E-state index < -0.39 is 49.1 Å². The van der Waals surface area contributed by atoms with Crippen molar-refractivity contribution >= 4 is 45.8 Å². The number of rotatable bonds is 21. The zero-order valence-corrected chi connectivity index (χ0v) is 40.3. The molecule has 0 bridgehead atoms. The third kappa shape index (κ3) is 11.6. The summed E-state index contributed by atoms with van der Waals surface area (Å²) in [6.07, 6.45) is 3.90. The number of imidazole rings is 2. The van der Waals surface area contributed by atoms with Gasteiger partial charge in [-0.2, -0.15) is 0 Å². The minimum Gasteiger partial charge on any atom is -0.387 e. The predicted octanol–water partition coefficient (Wildman–Crippen LogP) is -1.52. The minimum atomic E-state index is -1.21. The molecule has 2 fully saturated rings. The molecule has 7 heterocycles. The first-order valence-corrected chi connectivity index (χ1v) is 24.1. The Kier molecular flexibility index (Phi) is 15.8. The van der Waals surface area contributed by atoms with E-state index >= 15 is 0 Å². The van der Waals surface area contributed by atoms with Gasteiger partial charge in [0, 0.05) is 38.8 Å². The first-order valence-electron chi connectivity index (χ1n) is 24.1. The molecular formula is C44H69N17O9+2. The van der Waals surface area contributed by atoms with Gasteiger partial charge in [-0.05, 0) is 19.3 Å². The number of ether oxygens (including phenoxy) is 3. The van der Waals surface area contributed by atoms with Crippen molar-refractivity contribution in [1.82, 2.24) is 64.7 Å². The average Bonchev–Trinajstić information content (AvgIpc) is 4.13. The topological polar surface area (TPSA) is 337 Å². The van der Waals surface area contributed by atoms with Gasteiger partial charge in [-0.25, -0.2) is 34.6 Å². The SMILES string of the molecule is C[N+](C)(CCCC(=O)NCCOC1CCCCCc2c1nnn2CCNC(=O)CCC[N+](C)(C)C[C@H]1O[C@@H](n2cnc3c(N)ncnc32)[C@H](O)[C@@H]1O)C[C@H]1O[C@@H](n2cnc3c(N)ncnc32)[C@H](O)[C@@H]1O. The molecule has 1 unspecified atom stereocenters. The van der Waals surface area contributed by atoms with Crippen LogP contribution in [-0.2, 0) is 36.8 Å². The normalized spacial score (nSPS) is 25.3. The molecule has 8 rings (SSSR count). The number of nitrogen functional groups attached to an aromatic ring is 2. The van der Waals surface area contributed by atoms with Crippen LogP contribution in [0.1, 0.15) is 81.3 Å². The Labute approximate surface area is 404 Å². The molecule has 70 heavy (non-hydrogen) atoms. The van der Waals surface area contributed by atoms with Gasteiger partial charge in [0.2, 0.25) is 11.8 Å². The molecule has 2 amide bonds. The number of carbonyl (C=O) groups excluding carboxylic acids is 2. The van der Waals surface area contributed by atoms with Crippen molar-refractivity contribution in [3.8, 4) is 0 Å². The Bertz CT molecular complexity index is 2570. The number of aromatic nitrogens is 11. The van der Waals surface area contributed by atoms with E-state index in [-0.39, 0.29) is 29.6 Å². The quantitative estimate of drug-likeness (QED) is 0.0306. The summed E-state index contributed by atoms with van der Waals surface area (Å²) in [5.74, 6) is 0.253. The molecule has 0 radical (unpaired) electrons. The second-order valence-corrected chi connectivity index (χ2v) is 20.0. The molecule has 2 saturated heterocycles. The van der Waals surface area contributed by atoms with Crippen LogP contribution in [0, 0.1) is 0 Å². The van der Waals surface area contributed by atoms with E-state index in [1.165, 1.54) is 25.3 Å². The third-order valence-corrected chi connectivity index (χ3v) is 13.6. The van der Waals surface area contributed by atoms with E-state index in [0.29, 0.717) is 109 Å². The van der Waals surface area contributed by atoms with Crippen LogP contribution in [-0.4, -0.2) is 206 Å². The van der Waals surface area contributed by atoms with Crippen LogP contribution in [0.25, 0.3) is 22.3 Å². The van der Waals surface area contributed by atoms with Crippen molar-refractivity contribution in [2.45, 2.75) is 120 Å². The Morgan fingerprint density at radius 2 is 1.26 bits per heavy atom. The molecule has 0 aromatic carbocycles. The zero-order chi connectivity index (χ0) is 49.7. The highest BCUT2D eigenvalue weighted by Gasteiger charge is 2.48. The molecule has 26 nitrogen and oxygen atoms in total. The fourth-order valence-corrected chi connectivity index (χ4v) is 9.83. The van der Waals surface area contributed by atoms with Gasteiger partial charge in [-0.15, -0.1) is 5.10 Å². The van der Waals surface area contributed by atoms with Crippen molar-refractivity contribution in [3.63, 3.8) is 0 Å². The summed E-state index contributed by atoms with van der Waals surface area (Å²) in [6.45, 7) is 3.57. The molecule has 26 heteroatoms. The van der Waals surface area contributed by atoms with Gasteiger partial charge < -0.3 is 65.7 Å². The van der Waals surface area contributed by atoms with E-state index in [4.69, 9.17) is 25.7 Å². The molecule has 0 saturated carbocycles. The van der Waals surface area contributed by atoms with Crippen LogP contribution in [0.4, 0.5) is 11.6 Å². The molecule has 3 aliphatic rings. The van der Waals surface area contributed by atoms with Crippen LogP contribution in [0.5, 0.6) is 0 Å². The minimum absolute atomic E-state index is 0.0771. The standard InChI is InChI=1S/C44H67N17O9/c1-60(2,20-28-35(64)37(66)43(69-28)57-24-53-33-39(45)49-22-51-41(33)57)17-8-12-30(62)47-14-16-59-26-10-6-5-7-11-27(32(26)55-56-59)68-19-15-48-31(63)13-9-18-61(3,4)21-29-36(65)38(67)44(70-29)58-25-54-34-40(46)50-23-52-42(34)58/h22-25,27-29,35-38,43-44,64-67H,5-21H2,1-4H3,(H4-2,45,46,47,48,49,50,51,52,62,63)/p+2/t27?,28-,29-,35-,36-,37-,38-,43-,44-/m1/s1. The highest BCUT2D eigenvalue weighted by molar-refractivity contribution is 5.82. The molecule has 1 aliphatic carbocycles. The summed E-state index contributed by atoms with van der Waals surface area (Å²) < 4.78 is 24.5. The Morgan fingerprint density at radius 1 is 0.729 bits per heavy atom. The highest BCUT2D eigenvalue weighted by Crippen LogP contribution is 2.35. The molecule has 5 aromatic rings. The summed E-state index contributed by atoms with van der Waals surface area (Å²) in [6, 6.07) is 0. The van der Waals surface area contributed by atoms with Crippen LogP contribution >= 0.6 is 0 Å². The molecule has 2 aliphatic heterocycles. The van der Waals surface area contributed by atoms with Crippen molar-refractivity contribution < 1.29 is 53.2 Å². The Morgan fingerprint density at radius 3 is 1.80 bits per heavy atom. The molecule has 0 spiro atoms. The lowest BCUT2D eigenvalue weighted by Crippen LogP contribution is -2.49. The molecular weight excluding hydrogens is 911 g/mol. The Hall–Kier alpha value is -5.58. The van der Waals surface area contributed by atoms with Gasteiger partial charge >= 0.3 is 0 Å². The number of nitrogens with two attached hydrogens (primary N) is 2. The summed E-state index contributed by atoms with van der Waals surface area (Å²) in [7, 11) is 7.98. The highest BCUT2D eigenvalue weighted by atomic mass is 16.6. The van der Waals surface area contributed by atoms with Crippen LogP contribution in [0.2, 0.25) is 0 Å². The summed E-state index contributed by atoms with van der Waals surface area (Å²) in [5, 5.41) is 58.6. The van der Waals surface area contributed by atoms with Gasteiger partial charge in [0.05, 0.1) is 72.8 Å². The lowest BCUT2D eigenvalue weighted by molar-refractivity contribution is -0.893. The lowest BCUT2D eigenvalue weighted by atomic mass is 9.99. The van der Waals surface area contributed by atoms with Crippen molar-refractivity contribution in [2.75, 3.05) is 85.5 Å². The number of fused-ring (bicyclic) bond motifs is 3. The average molecular weight is 980 g/mol. The summed E-state index contributed by atoms with van der Waals surface area (Å²) in [4.78, 5) is 50.7. The van der Waals surface area contributed by atoms with E-state index in [0.717, 1.165) is 43.5 Å². The van der Waals surface area contributed by atoms with Gasteiger partial charge in [-0.1, -0.05) is 18.1 Å². The number of nitrogens with zero attached hydrogens (tertiary/aromatic N) is 13. The van der Waals surface area contributed by atoms with E-state index in [1.807, 2.05) is 32.9 Å². The number of carbonyl (C=O) groups is 2. The van der Waals surface area contributed by atoms with Crippen LogP contribution in [0.3, 0.4) is 0 Å². The Balaban J connectivity index is 0.720. The van der Waals surface area contributed by atoms with Gasteiger partial charge in [0.15, 0.2) is 35.4 Å². The van der Waals surface area contributed by atoms with Crippen molar-refractivity contribution in [1.29, 1.82) is 0 Å². The smallest absolute Gasteiger partial charge is 0.220 e. The molecule has 10 N–H and O–H groups in total. The molecule has 5 aromatic heterocycles. The number of aliphatic hydroxyl groups excluding tert-OH is 4. The number of hydrogen-bond acceptors (Lipinski definition) is 19. The predicted molar refractivity (Wildman–Crippen MR) is 250 cm³/mol. The van der Waals surface area contributed by atoms with E-state index in [2.05, 4.69) is 50.8 Å². The number of likely N-dealkylation sites (N-methyl/N-ethyl adjacent to an activating group) is 2. The maximum Gasteiger partial charge on any atom is 0.220 e. The maximum absolute atomic E-state index is 12.9. The monoisotopic (exact) mass is 980 g/mol. The van der Waals surface area contributed by atoms with Gasteiger partial charge in [-0.3, -0.25) is 18.7 Å². The largest absolute Gasteiger partial charge is 0.387 e. The number of anilines is 2. The second kappa shape index (κ2) is 21.8. The number of hydrogen-bond donors (Lipinski definition) is 8. The fraction of sp³-hybridized carbons (Fsp3) is 0.682. The second-order valence-electron chi connectivity index (χ2n) is 20.0. The third-order valence-electron chi connectivity index (χ3n) is 13.6. The molecule has 9 atom stereocenters. The van der Waals surface area contributed by atoms with Crippen LogP contribution in [0.15, 0.2) is 25.3 Å². The number of aliphatic hydroxyl groups is 4. The first-order chi connectivity index (χ1) is 33.5. The van der Waals surface area contributed by atoms with Crippen LogP contribution < -0.4 is 22.1 Å². The zero-order valence-electron chi connectivity index (χ0n) is 40.3. The van der Waals surface area contributed by atoms with E-state index in [1.54, 1.807) is 9.13 Å². The first kappa shape index (κ1) is 50.8. The number of quaternary nitrogens is 2. The molecule has 382 valence electrons. The lowest BCUT2D eigenvalue weighted by Gasteiger charge is -2.33. The number of nitrogens with one attached hydrogen (secondary N) is 2. The number of amides is 2. The summed E-state index contributed by atoms with van der Waals surface area (Å²) in [5.41, 5.74) is 15.2. The van der Waals surface area contributed by atoms with Gasteiger partial charge in [0.1, 0.15) is 85.2 Å². The van der Waals surface area contributed by atoms with Crippen molar-refractivity contribution in [3.05, 3.63) is 36.7 Å². The maximum atomic E-state index is 12.9. The van der Waals surface area contributed by atoms with Crippen molar-refractivity contribution in [2.24, 2.45) is 0 Å². The van der Waals surface area contributed by atoms with Gasteiger partial charge in [0.25, 0.3) is 0 Å². The summed E-state index contributed by atoms with van der Waals surface area (Å²) >= 11 is 0.